The Labute approximate surface area is 191 Å². The average molecular weight is 451 g/mol. The summed E-state index contributed by atoms with van der Waals surface area (Å²) < 4.78 is 22.7. The maximum absolute atomic E-state index is 6.41. The number of methoxy groups -OCH3 is 3. The van der Waals surface area contributed by atoms with Gasteiger partial charge in [-0.1, -0.05) is 23.7 Å². The minimum absolute atomic E-state index is 0.00301. The SMILES string of the molecule is COc1cccc(C2Oc3ccc(Cl)cc3C3CC(c4ccc(OC)c(OC)c4)=NN32)c1. The summed E-state index contributed by atoms with van der Waals surface area (Å²) in [5, 5.41) is 7.68. The van der Waals surface area contributed by atoms with Crippen LogP contribution in [0.3, 0.4) is 0 Å². The van der Waals surface area contributed by atoms with Crippen molar-refractivity contribution in [2.75, 3.05) is 21.3 Å². The predicted octanol–water partition coefficient (Wildman–Crippen LogP) is 5.61. The molecule has 32 heavy (non-hydrogen) atoms. The molecule has 2 heterocycles. The topological polar surface area (TPSA) is 52.5 Å². The van der Waals surface area contributed by atoms with Gasteiger partial charge in [0.15, 0.2) is 11.5 Å². The van der Waals surface area contributed by atoms with Crippen molar-refractivity contribution in [3.8, 4) is 23.0 Å². The van der Waals surface area contributed by atoms with Crippen molar-refractivity contribution in [1.82, 2.24) is 5.01 Å². The second kappa shape index (κ2) is 8.28. The Morgan fingerprint density at radius 1 is 0.938 bits per heavy atom. The van der Waals surface area contributed by atoms with Crippen molar-refractivity contribution in [2.45, 2.75) is 18.7 Å². The third kappa shape index (κ3) is 3.50. The second-order valence-electron chi connectivity index (χ2n) is 7.65. The van der Waals surface area contributed by atoms with Gasteiger partial charge < -0.3 is 18.9 Å². The summed E-state index contributed by atoms with van der Waals surface area (Å²) in [7, 11) is 4.91. The summed E-state index contributed by atoms with van der Waals surface area (Å²) in [4.78, 5) is 0. The molecule has 6 nitrogen and oxygen atoms in total. The number of halogens is 1. The van der Waals surface area contributed by atoms with E-state index >= 15 is 0 Å². The molecule has 0 aromatic heterocycles. The highest BCUT2D eigenvalue weighted by molar-refractivity contribution is 6.30. The van der Waals surface area contributed by atoms with Crippen LogP contribution in [0, 0.1) is 0 Å². The highest BCUT2D eigenvalue weighted by Crippen LogP contribution is 2.48. The van der Waals surface area contributed by atoms with Crippen LogP contribution in [0.25, 0.3) is 0 Å². The highest BCUT2D eigenvalue weighted by atomic mass is 35.5. The van der Waals surface area contributed by atoms with Crippen LogP contribution in [0.2, 0.25) is 5.02 Å². The van der Waals surface area contributed by atoms with E-state index in [-0.39, 0.29) is 12.3 Å². The predicted molar refractivity (Wildman–Crippen MR) is 123 cm³/mol. The third-order valence-electron chi connectivity index (χ3n) is 5.85. The Balaban J connectivity index is 1.59. The van der Waals surface area contributed by atoms with Crippen LogP contribution in [0.4, 0.5) is 0 Å². The van der Waals surface area contributed by atoms with Gasteiger partial charge in [-0.05, 0) is 48.5 Å². The van der Waals surface area contributed by atoms with Gasteiger partial charge in [-0.25, -0.2) is 5.01 Å². The number of nitrogens with zero attached hydrogens (tertiary/aromatic N) is 2. The fraction of sp³-hybridized carbons (Fsp3) is 0.240. The standard InChI is InChI=1S/C25H23ClN2O4/c1-29-18-6-4-5-16(11-18)25-28-21(19-13-17(26)8-10-22(19)32-25)14-20(27-28)15-7-9-23(30-2)24(12-15)31-3/h4-13,21,25H,14H2,1-3H3. The minimum atomic E-state index is -0.388. The molecule has 5 rings (SSSR count). The summed E-state index contributed by atoms with van der Waals surface area (Å²) in [5.41, 5.74) is 3.91. The summed E-state index contributed by atoms with van der Waals surface area (Å²) in [6.07, 6.45) is 0.327. The molecule has 3 aromatic rings. The van der Waals surface area contributed by atoms with Crippen molar-refractivity contribution in [3.05, 3.63) is 82.4 Å². The van der Waals surface area contributed by atoms with Gasteiger partial charge in [0.2, 0.25) is 6.23 Å². The Morgan fingerprint density at radius 3 is 2.56 bits per heavy atom. The van der Waals surface area contributed by atoms with E-state index in [1.165, 1.54) is 0 Å². The Morgan fingerprint density at radius 2 is 1.78 bits per heavy atom. The van der Waals surface area contributed by atoms with E-state index in [2.05, 4.69) is 0 Å². The van der Waals surface area contributed by atoms with Crippen molar-refractivity contribution in [3.63, 3.8) is 0 Å². The molecule has 0 spiro atoms. The van der Waals surface area contributed by atoms with Gasteiger partial charge in [0.1, 0.15) is 11.5 Å². The van der Waals surface area contributed by atoms with Crippen molar-refractivity contribution < 1.29 is 18.9 Å². The molecule has 2 aliphatic heterocycles. The molecular formula is C25H23ClN2O4. The average Bonchev–Trinajstić information content (AvgIpc) is 3.29. The van der Waals surface area contributed by atoms with Gasteiger partial charge in [-0.15, -0.1) is 0 Å². The molecule has 164 valence electrons. The molecule has 0 saturated carbocycles. The third-order valence-corrected chi connectivity index (χ3v) is 6.08. The monoisotopic (exact) mass is 450 g/mol. The zero-order chi connectivity index (χ0) is 22.2. The number of fused-ring (bicyclic) bond motifs is 3. The molecule has 0 amide bonds. The van der Waals surface area contributed by atoms with Crippen molar-refractivity contribution >= 4 is 17.3 Å². The summed E-state index contributed by atoms with van der Waals surface area (Å²) >= 11 is 6.33. The Kier molecular flexibility index (Phi) is 5.31. The molecule has 0 aliphatic carbocycles. The summed E-state index contributed by atoms with van der Waals surface area (Å²) in [6.45, 7) is 0. The lowest BCUT2D eigenvalue weighted by molar-refractivity contribution is -0.0191. The van der Waals surface area contributed by atoms with E-state index in [0.717, 1.165) is 33.9 Å². The largest absolute Gasteiger partial charge is 0.497 e. The van der Waals surface area contributed by atoms with Crippen LogP contribution in [-0.4, -0.2) is 32.0 Å². The van der Waals surface area contributed by atoms with Crippen molar-refractivity contribution in [2.24, 2.45) is 5.10 Å². The van der Waals surface area contributed by atoms with Crippen molar-refractivity contribution in [1.29, 1.82) is 0 Å². The van der Waals surface area contributed by atoms with E-state index < -0.39 is 0 Å². The van der Waals surface area contributed by atoms with E-state index in [4.69, 9.17) is 35.6 Å². The molecule has 7 heteroatoms. The van der Waals surface area contributed by atoms with Crippen LogP contribution in [0.1, 0.15) is 35.4 Å². The number of rotatable bonds is 5. The fourth-order valence-corrected chi connectivity index (χ4v) is 4.44. The number of hydrogen-bond donors (Lipinski definition) is 0. The van der Waals surface area contributed by atoms with E-state index in [1.54, 1.807) is 21.3 Å². The summed E-state index contributed by atoms with van der Waals surface area (Å²) in [6, 6.07) is 19.5. The molecule has 0 N–H and O–H groups in total. The lowest BCUT2D eigenvalue weighted by Crippen LogP contribution is -2.33. The second-order valence-corrected chi connectivity index (χ2v) is 8.08. The number of ether oxygens (including phenoxy) is 4. The van der Waals surface area contributed by atoms with Gasteiger partial charge in [0.25, 0.3) is 0 Å². The molecule has 0 radical (unpaired) electrons. The maximum Gasteiger partial charge on any atom is 0.214 e. The number of benzene rings is 3. The lowest BCUT2D eigenvalue weighted by Gasteiger charge is -2.38. The van der Waals surface area contributed by atoms with E-state index in [0.29, 0.717) is 22.9 Å². The first-order valence-corrected chi connectivity index (χ1v) is 10.7. The first-order chi connectivity index (χ1) is 15.6. The zero-order valence-corrected chi connectivity index (χ0v) is 18.8. The first kappa shape index (κ1) is 20.5. The molecule has 0 bridgehead atoms. The Hall–Kier alpha value is -3.38. The highest BCUT2D eigenvalue weighted by Gasteiger charge is 2.41. The molecule has 3 aromatic carbocycles. The van der Waals surface area contributed by atoms with Gasteiger partial charge in [0.05, 0.1) is 33.1 Å². The number of hydrazone groups is 1. The van der Waals surface area contributed by atoms with Gasteiger partial charge in [-0.2, -0.15) is 5.10 Å². The molecule has 0 fully saturated rings. The molecule has 2 atom stereocenters. The van der Waals surface area contributed by atoms with Gasteiger partial charge in [-0.3, -0.25) is 0 Å². The van der Waals surface area contributed by atoms with Crippen LogP contribution in [0.15, 0.2) is 65.8 Å². The van der Waals surface area contributed by atoms with Gasteiger partial charge in [0, 0.05) is 28.1 Å². The quantitative estimate of drug-likeness (QED) is 0.505. The lowest BCUT2D eigenvalue weighted by atomic mass is 9.95. The van der Waals surface area contributed by atoms with Crippen LogP contribution in [0.5, 0.6) is 23.0 Å². The zero-order valence-electron chi connectivity index (χ0n) is 18.0. The van der Waals surface area contributed by atoms with Gasteiger partial charge >= 0.3 is 0 Å². The number of hydrogen-bond acceptors (Lipinski definition) is 6. The smallest absolute Gasteiger partial charge is 0.214 e. The Bertz CT molecular complexity index is 1200. The minimum Gasteiger partial charge on any atom is -0.497 e. The van der Waals surface area contributed by atoms with Crippen LogP contribution >= 0.6 is 11.6 Å². The first-order valence-electron chi connectivity index (χ1n) is 10.3. The fourth-order valence-electron chi connectivity index (χ4n) is 4.26. The molecular weight excluding hydrogens is 428 g/mol. The maximum atomic E-state index is 6.41. The van der Waals surface area contributed by atoms with Crippen LogP contribution in [-0.2, 0) is 0 Å². The summed E-state index contributed by atoms with van der Waals surface area (Å²) in [5.74, 6) is 2.93. The molecule has 0 saturated heterocycles. The van der Waals surface area contributed by atoms with E-state index in [9.17, 15) is 0 Å². The normalized spacial score (nSPS) is 18.9. The van der Waals surface area contributed by atoms with E-state index in [1.807, 2.05) is 65.7 Å². The molecule has 2 unspecified atom stereocenters. The van der Waals surface area contributed by atoms with Crippen LogP contribution < -0.4 is 18.9 Å². The molecule has 2 aliphatic rings.